The zero-order valence-electron chi connectivity index (χ0n) is 6.40. The van der Waals surface area contributed by atoms with Crippen LogP contribution in [0.2, 0.25) is 0 Å². The zero-order valence-corrected chi connectivity index (χ0v) is 6.40. The third kappa shape index (κ3) is 1.69. The standard InChI is InChI=1S/C8H7F3O/c1-2-12-7-4-5(9)3-6(10)8(7)11/h3-4H,2H2,1H3. The van der Waals surface area contributed by atoms with E-state index in [1.807, 2.05) is 0 Å². The van der Waals surface area contributed by atoms with Crippen molar-refractivity contribution in [2.24, 2.45) is 0 Å². The molecule has 0 atom stereocenters. The molecular formula is C8H7F3O. The van der Waals surface area contributed by atoms with Crippen molar-refractivity contribution >= 4 is 0 Å². The van der Waals surface area contributed by atoms with Crippen molar-refractivity contribution in [3.8, 4) is 5.75 Å². The molecule has 0 N–H and O–H groups in total. The fourth-order valence-electron chi connectivity index (χ4n) is 0.793. The fourth-order valence-corrected chi connectivity index (χ4v) is 0.793. The third-order valence-corrected chi connectivity index (χ3v) is 1.26. The Labute approximate surface area is 67.8 Å². The predicted molar refractivity (Wildman–Crippen MR) is 37.5 cm³/mol. The maximum absolute atomic E-state index is 12.7. The van der Waals surface area contributed by atoms with Crippen molar-refractivity contribution in [3.63, 3.8) is 0 Å². The Bertz CT molecular complexity index is 286. The van der Waals surface area contributed by atoms with Gasteiger partial charge in [0.05, 0.1) is 6.61 Å². The third-order valence-electron chi connectivity index (χ3n) is 1.26. The van der Waals surface area contributed by atoms with Crippen LogP contribution in [0.15, 0.2) is 12.1 Å². The van der Waals surface area contributed by atoms with E-state index in [0.717, 1.165) is 6.07 Å². The van der Waals surface area contributed by atoms with Crippen molar-refractivity contribution in [1.82, 2.24) is 0 Å². The van der Waals surface area contributed by atoms with Crippen LogP contribution in [0, 0.1) is 17.5 Å². The SMILES string of the molecule is CCOc1cc(F)cc(F)c1F. The summed E-state index contributed by atoms with van der Waals surface area (Å²) in [4.78, 5) is 0. The van der Waals surface area contributed by atoms with Crippen LogP contribution in [0.1, 0.15) is 6.92 Å². The molecule has 0 spiro atoms. The van der Waals surface area contributed by atoms with E-state index in [9.17, 15) is 13.2 Å². The van der Waals surface area contributed by atoms with Gasteiger partial charge in [-0.2, -0.15) is 4.39 Å². The first kappa shape index (κ1) is 8.90. The van der Waals surface area contributed by atoms with E-state index in [1.165, 1.54) is 0 Å². The van der Waals surface area contributed by atoms with E-state index >= 15 is 0 Å². The Kier molecular flexibility index (Phi) is 2.58. The Morgan fingerprint density at radius 3 is 2.50 bits per heavy atom. The van der Waals surface area contributed by atoms with Crippen LogP contribution in [-0.2, 0) is 0 Å². The van der Waals surface area contributed by atoms with Gasteiger partial charge in [0.25, 0.3) is 0 Å². The Morgan fingerprint density at radius 2 is 1.92 bits per heavy atom. The topological polar surface area (TPSA) is 9.23 Å². The van der Waals surface area contributed by atoms with Crippen molar-refractivity contribution in [2.75, 3.05) is 6.61 Å². The molecule has 12 heavy (non-hydrogen) atoms. The normalized spacial score (nSPS) is 10.0. The monoisotopic (exact) mass is 176 g/mol. The van der Waals surface area contributed by atoms with E-state index in [-0.39, 0.29) is 6.61 Å². The Morgan fingerprint density at radius 1 is 1.25 bits per heavy atom. The van der Waals surface area contributed by atoms with Gasteiger partial charge in [-0.15, -0.1) is 0 Å². The van der Waals surface area contributed by atoms with Crippen LogP contribution in [0.3, 0.4) is 0 Å². The van der Waals surface area contributed by atoms with Gasteiger partial charge in [-0.1, -0.05) is 0 Å². The van der Waals surface area contributed by atoms with E-state index in [0.29, 0.717) is 6.07 Å². The minimum absolute atomic E-state index is 0.166. The lowest BCUT2D eigenvalue weighted by atomic mass is 10.3. The number of benzene rings is 1. The maximum atomic E-state index is 12.7. The molecule has 0 aliphatic heterocycles. The number of rotatable bonds is 2. The van der Waals surface area contributed by atoms with Gasteiger partial charge in [0, 0.05) is 12.1 Å². The second-order valence-corrected chi connectivity index (χ2v) is 2.13. The highest BCUT2D eigenvalue weighted by molar-refractivity contribution is 5.26. The van der Waals surface area contributed by atoms with Gasteiger partial charge in [-0.05, 0) is 6.92 Å². The summed E-state index contributed by atoms with van der Waals surface area (Å²) in [5.41, 5.74) is 0. The molecule has 0 unspecified atom stereocenters. The first-order chi connectivity index (χ1) is 5.65. The zero-order chi connectivity index (χ0) is 9.14. The second-order valence-electron chi connectivity index (χ2n) is 2.13. The molecule has 0 fully saturated rings. The first-order valence-electron chi connectivity index (χ1n) is 3.42. The second kappa shape index (κ2) is 3.47. The summed E-state index contributed by atoms with van der Waals surface area (Å²) in [6.07, 6.45) is 0. The quantitative estimate of drug-likeness (QED) is 0.629. The first-order valence-corrected chi connectivity index (χ1v) is 3.42. The fraction of sp³-hybridized carbons (Fsp3) is 0.250. The van der Waals surface area contributed by atoms with E-state index in [4.69, 9.17) is 0 Å². The minimum atomic E-state index is -1.24. The smallest absolute Gasteiger partial charge is 0.200 e. The summed E-state index contributed by atoms with van der Waals surface area (Å²) in [7, 11) is 0. The summed E-state index contributed by atoms with van der Waals surface area (Å²) in [5, 5.41) is 0. The van der Waals surface area contributed by atoms with Crippen LogP contribution >= 0.6 is 0 Å². The molecule has 1 aromatic rings. The summed E-state index contributed by atoms with van der Waals surface area (Å²) in [6.45, 7) is 1.77. The van der Waals surface area contributed by atoms with Crippen LogP contribution in [0.4, 0.5) is 13.2 Å². The largest absolute Gasteiger partial charge is 0.491 e. The van der Waals surface area contributed by atoms with Gasteiger partial charge in [0.2, 0.25) is 5.82 Å². The van der Waals surface area contributed by atoms with Gasteiger partial charge in [0.15, 0.2) is 11.6 Å². The highest BCUT2D eigenvalue weighted by Crippen LogP contribution is 2.21. The molecule has 0 bridgehead atoms. The molecule has 1 rings (SSSR count). The molecule has 0 radical (unpaired) electrons. The Balaban J connectivity index is 3.09. The lowest BCUT2D eigenvalue weighted by Gasteiger charge is -2.04. The highest BCUT2D eigenvalue weighted by atomic mass is 19.2. The van der Waals surface area contributed by atoms with Crippen molar-refractivity contribution in [1.29, 1.82) is 0 Å². The van der Waals surface area contributed by atoms with Crippen LogP contribution in [-0.4, -0.2) is 6.61 Å². The van der Waals surface area contributed by atoms with Gasteiger partial charge in [-0.3, -0.25) is 0 Å². The number of hydrogen-bond acceptors (Lipinski definition) is 1. The summed E-state index contributed by atoms with van der Waals surface area (Å²) < 4.78 is 42.3. The molecule has 66 valence electrons. The lowest BCUT2D eigenvalue weighted by Crippen LogP contribution is -1.97. The van der Waals surface area contributed by atoms with Crippen molar-refractivity contribution in [3.05, 3.63) is 29.6 Å². The molecule has 0 saturated carbocycles. The molecule has 0 aliphatic carbocycles. The molecule has 0 aromatic heterocycles. The molecule has 0 amide bonds. The minimum Gasteiger partial charge on any atom is -0.491 e. The van der Waals surface area contributed by atoms with Gasteiger partial charge in [0.1, 0.15) is 5.82 Å². The average Bonchev–Trinajstić information content (AvgIpc) is 2.00. The molecule has 0 aliphatic rings. The summed E-state index contributed by atoms with van der Waals surface area (Å²) in [5.74, 6) is -3.64. The highest BCUT2D eigenvalue weighted by Gasteiger charge is 2.11. The summed E-state index contributed by atoms with van der Waals surface area (Å²) >= 11 is 0. The van der Waals surface area contributed by atoms with E-state index in [1.54, 1.807) is 6.92 Å². The average molecular weight is 176 g/mol. The number of hydrogen-bond donors (Lipinski definition) is 0. The lowest BCUT2D eigenvalue weighted by molar-refractivity contribution is 0.311. The Hall–Kier alpha value is -1.19. The molecular weight excluding hydrogens is 169 g/mol. The molecule has 1 nitrogen and oxygen atoms in total. The van der Waals surface area contributed by atoms with Crippen molar-refractivity contribution < 1.29 is 17.9 Å². The summed E-state index contributed by atoms with van der Waals surface area (Å²) in [6, 6.07) is 1.28. The van der Waals surface area contributed by atoms with Gasteiger partial charge >= 0.3 is 0 Å². The molecule has 4 heteroatoms. The maximum Gasteiger partial charge on any atom is 0.200 e. The van der Waals surface area contributed by atoms with Crippen molar-refractivity contribution in [2.45, 2.75) is 6.92 Å². The van der Waals surface area contributed by atoms with Crippen LogP contribution < -0.4 is 4.74 Å². The molecule has 0 heterocycles. The van der Waals surface area contributed by atoms with E-state index in [2.05, 4.69) is 4.74 Å². The predicted octanol–water partition coefficient (Wildman–Crippen LogP) is 2.50. The number of ether oxygens (including phenoxy) is 1. The molecule has 0 saturated heterocycles. The van der Waals surface area contributed by atoms with Gasteiger partial charge in [-0.25, -0.2) is 8.78 Å². The van der Waals surface area contributed by atoms with Crippen LogP contribution in [0.5, 0.6) is 5.75 Å². The van der Waals surface area contributed by atoms with E-state index < -0.39 is 23.2 Å². The number of halogens is 3. The van der Waals surface area contributed by atoms with Gasteiger partial charge < -0.3 is 4.74 Å². The molecule has 1 aromatic carbocycles. The van der Waals surface area contributed by atoms with Crippen LogP contribution in [0.25, 0.3) is 0 Å².